The fraction of sp³-hybridized carbons (Fsp3) is 0.250. The lowest BCUT2D eigenvalue weighted by molar-refractivity contribution is -0.137. The molecule has 0 fully saturated rings. The second-order valence-electron chi connectivity index (χ2n) is 2.58. The Bertz CT molecular complexity index is 344. The van der Waals surface area contributed by atoms with Crippen LogP contribution in [0.5, 0.6) is 0 Å². The molecule has 0 amide bonds. The van der Waals surface area contributed by atoms with Crippen LogP contribution < -0.4 is 0 Å². The van der Waals surface area contributed by atoms with E-state index < -0.39 is 12.0 Å². The normalized spacial score (nSPS) is 21.5. The average molecular weight is 197 g/mol. The summed E-state index contributed by atoms with van der Waals surface area (Å²) in [4.78, 5) is 14.6. The summed E-state index contributed by atoms with van der Waals surface area (Å²) >= 11 is 1.41. The molecular formula is C8H7NO3S. The molecule has 2 heterocycles. The van der Waals surface area contributed by atoms with E-state index in [-0.39, 0.29) is 0 Å². The first-order valence-electron chi connectivity index (χ1n) is 3.74. The Hall–Kier alpha value is -1.23. The van der Waals surface area contributed by atoms with Crippen LogP contribution in [-0.4, -0.2) is 27.9 Å². The van der Waals surface area contributed by atoms with Crippen LogP contribution in [0.3, 0.4) is 0 Å². The lowest BCUT2D eigenvalue weighted by atomic mass is 10.3. The van der Waals surface area contributed by atoms with Gasteiger partial charge in [-0.2, -0.15) is 0 Å². The van der Waals surface area contributed by atoms with Crippen LogP contribution in [0.1, 0.15) is 5.76 Å². The number of carboxylic acid groups (broad SMARTS) is 1. The molecule has 0 aliphatic carbocycles. The van der Waals surface area contributed by atoms with E-state index in [9.17, 15) is 4.79 Å². The standard InChI is InChI=1S/C8H7NO3S/c10-8(11)5-4-13-7(9-5)6-2-1-3-12-6/h1-3,5H,4H2,(H,10,11)/t5-/m0/s1. The summed E-state index contributed by atoms with van der Waals surface area (Å²) in [5.41, 5.74) is 0. The number of aliphatic carboxylic acids is 1. The summed E-state index contributed by atoms with van der Waals surface area (Å²) in [5.74, 6) is 0.258. The van der Waals surface area contributed by atoms with E-state index in [1.54, 1.807) is 18.4 Å². The maximum absolute atomic E-state index is 10.6. The number of carboxylic acids is 1. The van der Waals surface area contributed by atoms with E-state index in [2.05, 4.69) is 4.99 Å². The maximum Gasteiger partial charge on any atom is 0.329 e. The summed E-state index contributed by atoms with van der Waals surface area (Å²) in [7, 11) is 0. The van der Waals surface area contributed by atoms with E-state index in [4.69, 9.17) is 9.52 Å². The third-order valence-electron chi connectivity index (χ3n) is 1.67. The number of carbonyl (C=O) groups is 1. The SMILES string of the molecule is O=C(O)[C@@H]1CSC(c2ccco2)=N1. The molecule has 0 spiro atoms. The van der Waals surface area contributed by atoms with Crippen molar-refractivity contribution in [2.24, 2.45) is 4.99 Å². The van der Waals surface area contributed by atoms with Crippen molar-refractivity contribution in [3.8, 4) is 0 Å². The van der Waals surface area contributed by atoms with Gasteiger partial charge < -0.3 is 9.52 Å². The molecule has 1 aromatic rings. The molecule has 0 unspecified atom stereocenters. The van der Waals surface area contributed by atoms with Crippen molar-refractivity contribution >= 4 is 22.8 Å². The number of rotatable bonds is 2. The summed E-state index contributed by atoms with van der Waals surface area (Å²) < 4.78 is 5.10. The Morgan fingerprint density at radius 3 is 3.15 bits per heavy atom. The van der Waals surface area contributed by atoms with Gasteiger partial charge in [-0.15, -0.1) is 11.8 Å². The molecule has 0 bridgehead atoms. The molecule has 1 N–H and O–H groups in total. The fourth-order valence-corrected chi connectivity index (χ4v) is 2.03. The minimum absolute atomic E-state index is 0.491. The lowest BCUT2D eigenvalue weighted by Crippen LogP contribution is -2.17. The average Bonchev–Trinajstić information content (AvgIpc) is 2.75. The summed E-state index contributed by atoms with van der Waals surface area (Å²) in [6.07, 6.45) is 1.55. The van der Waals surface area contributed by atoms with Gasteiger partial charge in [0.1, 0.15) is 5.04 Å². The molecule has 5 heteroatoms. The van der Waals surface area contributed by atoms with Gasteiger partial charge in [0.15, 0.2) is 11.8 Å². The van der Waals surface area contributed by atoms with Crippen molar-refractivity contribution in [3.63, 3.8) is 0 Å². The van der Waals surface area contributed by atoms with Gasteiger partial charge >= 0.3 is 5.97 Å². The van der Waals surface area contributed by atoms with Crippen LogP contribution in [0.25, 0.3) is 0 Å². The third-order valence-corrected chi connectivity index (χ3v) is 2.73. The molecule has 1 atom stereocenters. The van der Waals surface area contributed by atoms with Crippen LogP contribution in [0.2, 0.25) is 0 Å². The van der Waals surface area contributed by atoms with Gasteiger partial charge in [0.25, 0.3) is 0 Å². The molecule has 0 radical (unpaired) electrons. The highest BCUT2D eigenvalue weighted by molar-refractivity contribution is 8.14. The van der Waals surface area contributed by atoms with Crippen LogP contribution >= 0.6 is 11.8 Å². The monoisotopic (exact) mass is 197 g/mol. The molecule has 1 aliphatic heterocycles. The van der Waals surface area contributed by atoms with E-state index in [1.165, 1.54) is 11.8 Å². The maximum atomic E-state index is 10.6. The van der Waals surface area contributed by atoms with E-state index >= 15 is 0 Å². The molecule has 68 valence electrons. The van der Waals surface area contributed by atoms with Gasteiger partial charge in [-0.3, -0.25) is 4.99 Å². The predicted octanol–water partition coefficient (Wildman–Crippen LogP) is 1.23. The number of aliphatic imine (C=N–C) groups is 1. The molecule has 0 aromatic carbocycles. The number of furan rings is 1. The van der Waals surface area contributed by atoms with Crippen molar-refractivity contribution in [1.29, 1.82) is 0 Å². The van der Waals surface area contributed by atoms with Gasteiger partial charge in [0.05, 0.1) is 6.26 Å². The fourth-order valence-electron chi connectivity index (χ4n) is 1.04. The zero-order valence-corrected chi connectivity index (χ0v) is 7.45. The Morgan fingerprint density at radius 1 is 1.77 bits per heavy atom. The first-order valence-corrected chi connectivity index (χ1v) is 4.73. The molecule has 1 aromatic heterocycles. The molecule has 1 aliphatic rings. The van der Waals surface area contributed by atoms with Crippen molar-refractivity contribution < 1.29 is 14.3 Å². The van der Waals surface area contributed by atoms with Gasteiger partial charge in [0, 0.05) is 5.75 Å². The van der Waals surface area contributed by atoms with Gasteiger partial charge in [-0.05, 0) is 12.1 Å². The number of hydrogen-bond acceptors (Lipinski definition) is 4. The Balaban J connectivity index is 2.20. The van der Waals surface area contributed by atoms with Crippen molar-refractivity contribution in [2.45, 2.75) is 6.04 Å². The molecule has 0 saturated heterocycles. The largest absolute Gasteiger partial charge is 0.480 e. The van der Waals surface area contributed by atoms with Crippen molar-refractivity contribution in [2.75, 3.05) is 5.75 Å². The topological polar surface area (TPSA) is 62.8 Å². The van der Waals surface area contributed by atoms with Crippen molar-refractivity contribution in [3.05, 3.63) is 24.2 Å². The minimum Gasteiger partial charge on any atom is -0.480 e. The molecule has 4 nitrogen and oxygen atoms in total. The Kier molecular flexibility index (Phi) is 2.10. The van der Waals surface area contributed by atoms with Crippen LogP contribution in [-0.2, 0) is 4.79 Å². The lowest BCUT2D eigenvalue weighted by Gasteiger charge is -1.93. The highest BCUT2D eigenvalue weighted by Crippen LogP contribution is 2.23. The molecule has 13 heavy (non-hydrogen) atoms. The quantitative estimate of drug-likeness (QED) is 0.774. The van der Waals surface area contributed by atoms with Crippen molar-refractivity contribution in [1.82, 2.24) is 0 Å². The first kappa shape index (κ1) is 8.37. The van der Waals surface area contributed by atoms with Crippen LogP contribution in [0.15, 0.2) is 27.8 Å². The van der Waals surface area contributed by atoms with Crippen LogP contribution in [0.4, 0.5) is 0 Å². The highest BCUT2D eigenvalue weighted by Gasteiger charge is 2.26. The summed E-state index contributed by atoms with van der Waals surface area (Å²) in [6.45, 7) is 0. The number of hydrogen-bond donors (Lipinski definition) is 1. The van der Waals surface area contributed by atoms with Gasteiger partial charge in [0.2, 0.25) is 0 Å². The molecule has 2 rings (SSSR count). The number of thioether (sulfide) groups is 1. The van der Waals surface area contributed by atoms with Crippen LogP contribution in [0, 0.1) is 0 Å². The predicted molar refractivity (Wildman–Crippen MR) is 49.1 cm³/mol. The zero-order chi connectivity index (χ0) is 9.26. The van der Waals surface area contributed by atoms with E-state index in [1.807, 2.05) is 0 Å². The Morgan fingerprint density at radius 2 is 2.62 bits per heavy atom. The zero-order valence-electron chi connectivity index (χ0n) is 6.64. The first-order chi connectivity index (χ1) is 6.27. The third kappa shape index (κ3) is 1.60. The highest BCUT2D eigenvalue weighted by atomic mass is 32.2. The van der Waals surface area contributed by atoms with E-state index in [0.29, 0.717) is 16.6 Å². The molecular weight excluding hydrogens is 190 g/mol. The summed E-state index contributed by atoms with van der Waals surface area (Å²) in [5, 5.41) is 9.36. The smallest absolute Gasteiger partial charge is 0.329 e. The second-order valence-corrected chi connectivity index (χ2v) is 3.59. The Labute approximate surface area is 78.7 Å². The van der Waals surface area contributed by atoms with Gasteiger partial charge in [-0.1, -0.05) is 0 Å². The minimum atomic E-state index is -0.881. The number of nitrogens with zero attached hydrogens (tertiary/aromatic N) is 1. The van der Waals surface area contributed by atoms with Gasteiger partial charge in [-0.25, -0.2) is 4.79 Å². The second kappa shape index (κ2) is 3.26. The summed E-state index contributed by atoms with van der Waals surface area (Å²) in [6, 6.07) is 2.91. The molecule has 0 saturated carbocycles. The van der Waals surface area contributed by atoms with E-state index in [0.717, 1.165) is 0 Å².